The molecule has 0 radical (unpaired) electrons. The van der Waals surface area contributed by atoms with Crippen molar-refractivity contribution in [1.82, 2.24) is 4.98 Å². The molecule has 1 heterocycles. The van der Waals surface area contributed by atoms with Crippen molar-refractivity contribution in [3.63, 3.8) is 0 Å². The van der Waals surface area contributed by atoms with Gasteiger partial charge in [-0.1, -0.05) is 27.7 Å². The van der Waals surface area contributed by atoms with E-state index in [0.717, 1.165) is 12.0 Å². The molecule has 0 aliphatic heterocycles. The third-order valence-electron chi connectivity index (χ3n) is 2.26. The van der Waals surface area contributed by atoms with Crippen molar-refractivity contribution in [2.24, 2.45) is 0 Å². The Morgan fingerprint density at radius 2 is 2.00 bits per heavy atom. The van der Waals surface area contributed by atoms with Crippen molar-refractivity contribution in [3.05, 3.63) is 34.9 Å². The van der Waals surface area contributed by atoms with E-state index in [4.69, 9.17) is 6.57 Å². The fraction of sp³-hybridized carbons (Fsp3) is 0.500. The molecule has 0 saturated carbocycles. The summed E-state index contributed by atoms with van der Waals surface area (Å²) in [6, 6.07) is 0. The number of hydrogen-bond donors (Lipinski definition) is 0. The van der Waals surface area contributed by atoms with Crippen LogP contribution >= 0.6 is 0 Å². The Hall–Kier alpha value is -1.36. The van der Waals surface area contributed by atoms with Gasteiger partial charge in [0.2, 0.25) is 5.69 Å². The molecule has 2 heteroatoms. The van der Waals surface area contributed by atoms with Gasteiger partial charge < -0.3 is 0 Å². The summed E-state index contributed by atoms with van der Waals surface area (Å²) in [5, 5.41) is 0. The molecule has 14 heavy (non-hydrogen) atoms. The van der Waals surface area contributed by atoms with Crippen LogP contribution in [0.15, 0.2) is 12.4 Å². The quantitative estimate of drug-likeness (QED) is 0.616. The highest BCUT2D eigenvalue weighted by Crippen LogP contribution is 2.33. The number of aromatic nitrogens is 1. The summed E-state index contributed by atoms with van der Waals surface area (Å²) >= 11 is 0. The molecule has 0 amide bonds. The molecule has 1 aromatic heterocycles. The zero-order valence-corrected chi connectivity index (χ0v) is 9.26. The Labute approximate surface area is 85.8 Å². The number of rotatable bonds is 1. The lowest BCUT2D eigenvalue weighted by Crippen LogP contribution is -2.14. The summed E-state index contributed by atoms with van der Waals surface area (Å²) < 4.78 is 0. The van der Waals surface area contributed by atoms with Crippen LogP contribution in [-0.4, -0.2) is 4.98 Å². The van der Waals surface area contributed by atoms with E-state index in [1.807, 2.05) is 6.20 Å². The zero-order valence-electron chi connectivity index (χ0n) is 9.26. The van der Waals surface area contributed by atoms with Crippen LogP contribution in [0.3, 0.4) is 0 Å². The molecule has 0 aliphatic carbocycles. The van der Waals surface area contributed by atoms with Gasteiger partial charge in [0, 0.05) is 12.4 Å². The minimum absolute atomic E-state index is 0.0220. The topological polar surface area (TPSA) is 17.2 Å². The second-order valence-electron chi connectivity index (χ2n) is 4.41. The first kappa shape index (κ1) is 10.7. The molecule has 0 spiro atoms. The molecule has 1 rings (SSSR count). The number of aryl methyl sites for hydroxylation is 1. The van der Waals surface area contributed by atoms with Crippen molar-refractivity contribution < 1.29 is 0 Å². The summed E-state index contributed by atoms with van der Waals surface area (Å²) in [7, 11) is 0. The zero-order chi connectivity index (χ0) is 10.8. The Morgan fingerprint density at radius 1 is 1.36 bits per heavy atom. The maximum Gasteiger partial charge on any atom is 0.209 e. The third-order valence-corrected chi connectivity index (χ3v) is 2.26. The number of nitrogens with zero attached hydrogens (tertiary/aromatic N) is 2. The Morgan fingerprint density at radius 3 is 2.43 bits per heavy atom. The van der Waals surface area contributed by atoms with E-state index in [2.05, 4.69) is 37.5 Å². The van der Waals surface area contributed by atoms with E-state index >= 15 is 0 Å². The SMILES string of the molecule is [C-]#[N+]c1cncc(CC)c1C(C)(C)C. The van der Waals surface area contributed by atoms with Gasteiger partial charge in [0.25, 0.3) is 0 Å². The monoisotopic (exact) mass is 188 g/mol. The summed E-state index contributed by atoms with van der Waals surface area (Å²) in [6.45, 7) is 15.6. The Balaban J connectivity index is 3.44. The summed E-state index contributed by atoms with van der Waals surface area (Å²) in [6.07, 6.45) is 4.46. The van der Waals surface area contributed by atoms with Gasteiger partial charge in [-0.3, -0.25) is 4.98 Å². The molecule has 0 fully saturated rings. The van der Waals surface area contributed by atoms with Crippen LogP contribution in [0.25, 0.3) is 4.85 Å². The highest BCUT2D eigenvalue weighted by atomic mass is 14.7. The van der Waals surface area contributed by atoms with Crippen LogP contribution in [-0.2, 0) is 11.8 Å². The number of hydrogen-bond acceptors (Lipinski definition) is 1. The molecule has 0 atom stereocenters. The smallest absolute Gasteiger partial charge is 0.209 e. The van der Waals surface area contributed by atoms with Crippen molar-refractivity contribution in [2.45, 2.75) is 39.5 Å². The second-order valence-corrected chi connectivity index (χ2v) is 4.41. The maximum absolute atomic E-state index is 7.12. The summed E-state index contributed by atoms with van der Waals surface area (Å²) in [5.41, 5.74) is 3.04. The average molecular weight is 188 g/mol. The normalized spacial score (nSPS) is 11.1. The van der Waals surface area contributed by atoms with Crippen LogP contribution in [0.1, 0.15) is 38.8 Å². The van der Waals surface area contributed by atoms with E-state index in [9.17, 15) is 0 Å². The van der Waals surface area contributed by atoms with Crippen LogP contribution < -0.4 is 0 Å². The van der Waals surface area contributed by atoms with Gasteiger partial charge in [-0.15, -0.1) is 0 Å². The van der Waals surface area contributed by atoms with E-state index in [1.54, 1.807) is 6.20 Å². The van der Waals surface area contributed by atoms with E-state index in [-0.39, 0.29) is 5.41 Å². The van der Waals surface area contributed by atoms with E-state index < -0.39 is 0 Å². The lowest BCUT2D eigenvalue weighted by molar-refractivity contribution is 0.585. The van der Waals surface area contributed by atoms with Crippen molar-refractivity contribution in [2.75, 3.05) is 0 Å². The highest BCUT2D eigenvalue weighted by Gasteiger charge is 2.21. The molecule has 0 N–H and O–H groups in total. The lowest BCUT2D eigenvalue weighted by Gasteiger charge is -2.23. The molecule has 74 valence electrons. The largest absolute Gasteiger partial charge is 0.276 e. The standard InChI is InChI=1S/C12H16N2/c1-6-9-7-14-8-10(13-5)11(9)12(2,3)4/h7-8H,6H2,1-4H3. The van der Waals surface area contributed by atoms with Gasteiger partial charge >= 0.3 is 0 Å². The van der Waals surface area contributed by atoms with Gasteiger partial charge in [-0.25, -0.2) is 4.85 Å². The van der Waals surface area contributed by atoms with Gasteiger partial charge in [-0.05, 0) is 23.0 Å². The first-order valence-corrected chi connectivity index (χ1v) is 4.85. The van der Waals surface area contributed by atoms with Crippen LogP contribution in [0.2, 0.25) is 0 Å². The van der Waals surface area contributed by atoms with Crippen LogP contribution in [0.5, 0.6) is 0 Å². The fourth-order valence-electron chi connectivity index (χ4n) is 1.71. The minimum atomic E-state index is 0.0220. The molecular formula is C12H16N2. The second kappa shape index (κ2) is 3.79. The first-order valence-electron chi connectivity index (χ1n) is 4.85. The van der Waals surface area contributed by atoms with Gasteiger partial charge in [0.1, 0.15) is 0 Å². The molecule has 0 bridgehead atoms. The first-order chi connectivity index (χ1) is 6.50. The lowest BCUT2D eigenvalue weighted by atomic mass is 9.83. The summed E-state index contributed by atoms with van der Waals surface area (Å²) in [5.74, 6) is 0. The maximum atomic E-state index is 7.12. The van der Waals surface area contributed by atoms with E-state index in [1.165, 1.54) is 5.56 Å². The number of pyridine rings is 1. The Kier molecular flexibility index (Phi) is 2.90. The van der Waals surface area contributed by atoms with Crippen LogP contribution in [0.4, 0.5) is 5.69 Å². The van der Waals surface area contributed by atoms with Crippen molar-refractivity contribution in [3.8, 4) is 0 Å². The highest BCUT2D eigenvalue weighted by molar-refractivity contribution is 5.56. The van der Waals surface area contributed by atoms with E-state index in [0.29, 0.717) is 5.69 Å². The molecule has 1 aromatic rings. The third kappa shape index (κ3) is 1.93. The average Bonchev–Trinajstić information content (AvgIpc) is 2.15. The van der Waals surface area contributed by atoms with Gasteiger partial charge in [0.15, 0.2) is 0 Å². The van der Waals surface area contributed by atoms with Gasteiger partial charge in [-0.2, -0.15) is 0 Å². The predicted molar refractivity (Wildman–Crippen MR) is 58.6 cm³/mol. The molecule has 2 nitrogen and oxygen atoms in total. The molecule has 0 aromatic carbocycles. The molecule has 0 aliphatic rings. The summed E-state index contributed by atoms with van der Waals surface area (Å²) in [4.78, 5) is 7.62. The molecule has 0 unspecified atom stereocenters. The minimum Gasteiger partial charge on any atom is -0.276 e. The Bertz CT molecular complexity index is 367. The fourth-order valence-corrected chi connectivity index (χ4v) is 1.71. The van der Waals surface area contributed by atoms with Crippen molar-refractivity contribution >= 4 is 5.69 Å². The molecular weight excluding hydrogens is 172 g/mol. The van der Waals surface area contributed by atoms with Crippen molar-refractivity contribution in [1.29, 1.82) is 0 Å². The molecule has 0 saturated heterocycles. The van der Waals surface area contributed by atoms with Crippen LogP contribution in [0, 0.1) is 6.57 Å². The predicted octanol–water partition coefficient (Wildman–Crippen LogP) is 3.49. The van der Waals surface area contributed by atoms with Gasteiger partial charge in [0.05, 0.1) is 6.57 Å².